The van der Waals surface area contributed by atoms with Crippen LogP contribution >= 0.6 is 0 Å². The molecule has 88 valence electrons. The first-order valence-corrected chi connectivity index (χ1v) is 4.21. The monoisotopic (exact) mass is 233 g/mol. The summed E-state index contributed by atoms with van der Waals surface area (Å²) in [7, 11) is 1.18. The Kier molecular flexibility index (Phi) is 3.67. The van der Waals surface area contributed by atoms with Crippen molar-refractivity contribution in [1.29, 1.82) is 0 Å². The van der Waals surface area contributed by atoms with Crippen LogP contribution in [-0.2, 0) is 6.54 Å². The fraction of sp³-hybridized carbons (Fsp3) is 0.375. The van der Waals surface area contributed by atoms with Gasteiger partial charge in [-0.25, -0.2) is 8.78 Å². The van der Waals surface area contributed by atoms with Gasteiger partial charge in [0.2, 0.25) is 0 Å². The minimum absolute atomic E-state index is 0.207. The van der Waals surface area contributed by atoms with Crippen molar-refractivity contribution in [2.75, 3.05) is 7.11 Å². The van der Waals surface area contributed by atoms with Crippen LogP contribution in [0.5, 0.6) is 5.75 Å². The number of nitro groups is 1. The topological polar surface area (TPSA) is 91.3 Å². The summed E-state index contributed by atoms with van der Waals surface area (Å²) >= 11 is 0. The van der Waals surface area contributed by atoms with Crippen molar-refractivity contribution in [3.63, 3.8) is 0 Å². The molecule has 8 heteroatoms. The molecule has 0 atom stereocenters. The number of ether oxygens (including phenoxy) is 1. The highest BCUT2D eigenvalue weighted by atomic mass is 19.3. The highest BCUT2D eigenvalue weighted by Crippen LogP contribution is 2.35. The van der Waals surface area contributed by atoms with Crippen molar-refractivity contribution in [3.05, 3.63) is 27.4 Å². The molecule has 0 amide bonds. The first-order valence-electron chi connectivity index (χ1n) is 4.21. The third-order valence-electron chi connectivity index (χ3n) is 1.98. The number of hydrogen-bond donors (Lipinski definition) is 1. The fourth-order valence-electron chi connectivity index (χ4n) is 1.30. The van der Waals surface area contributed by atoms with Gasteiger partial charge in [-0.2, -0.15) is 0 Å². The van der Waals surface area contributed by atoms with Crippen molar-refractivity contribution in [1.82, 2.24) is 4.98 Å². The van der Waals surface area contributed by atoms with E-state index in [0.29, 0.717) is 0 Å². The molecule has 16 heavy (non-hydrogen) atoms. The van der Waals surface area contributed by atoms with Crippen molar-refractivity contribution in [2.45, 2.75) is 13.0 Å². The molecule has 6 nitrogen and oxygen atoms in total. The number of hydrogen-bond acceptors (Lipinski definition) is 5. The van der Waals surface area contributed by atoms with E-state index in [0.717, 1.165) is 6.20 Å². The SMILES string of the molecule is COc1cnc([N+](=O)[O-])c(CN)c1C(F)F. The molecule has 0 aliphatic heterocycles. The third kappa shape index (κ3) is 2.06. The van der Waals surface area contributed by atoms with Gasteiger partial charge < -0.3 is 20.6 Å². The lowest BCUT2D eigenvalue weighted by atomic mass is 10.1. The van der Waals surface area contributed by atoms with Gasteiger partial charge in [0.1, 0.15) is 0 Å². The van der Waals surface area contributed by atoms with Crippen LogP contribution in [0.15, 0.2) is 6.20 Å². The predicted molar refractivity (Wildman–Crippen MR) is 50.3 cm³/mol. The van der Waals surface area contributed by atoms with Gasteiger partial charge in [-0.1, -0.05) is 0 Å². The van der Waals surface area contributed by atoms with Crippen LogP contribution < -0.4 is 10.5 Å². The number of aromatic nitrogens is 1. The number of rotatable bonds is 4. The van der Waals surface area contributed by atoms with Gasteiger partial charge in [0.25, 0.3) is 6.43 Å². The van der Waals surface area contributed by atoms with Crippen molar-refractivity contribution in [3.8, 4) is 5.75 Å². The highest BCUT2D eigenvalue weighted by molar-refractivity contribution is 5.47. The summed E-state index contributed by atoms with van der Waals surface area (Å²) in [6.45, 7) is -0.403. The molecule has 1 aromatic heterocycles. The predicted octanol–water partition coefficient (Wildman–Crippen LogP) is 1.39. The Labute approximate surface area is 89.2 Å². The van der Waals surface area contributed by atoms with E-state index in [9.17, 15) is 18.9 Å². The third-order valence-corrected chi connectivity index (χ3v) is 1.98. The fourth-order valence-corrected chi connectivity index (χ4v) is 1.30. The van der Waals surface area contributed by atoms with E-state index < -0.39 is 29.3 Å². The normalized spacial score (nSPS) is 10.6. The van der Waals surface area contributed by atoms with Crippen LogP contribution in [0.1, 0.15) is 17.6 Å². The number of halogens is 2. The summed E-state index contributed by atoms with van der Waals surface area (Å²) in [5.41, 5.74) is 4.33. The van der Waals surface area contributed by atoms with Crippen LogP contribution in [0, 0.1) is 10.1 Å². The first kappa shape index (κ1) is 12.2. The van der Waals surface area contributed by atoms with Crippen molar-refractivity contribution >= 4 is 5.82 Å². The summed E-state index contributed by atoms with van der Waals surface area (Å²) in [4.78, 5) is 13.1. The molecule has 0 spiro atoms. The van der Waals surface area contributed by atoms with Crippen LogP contribution in [0.3, 0.4) is 0 Å². The standard InChI is InChI=1S/C8H9F2N3O3/c1-16-5-3-12-8(13(14)15)4(2-11)6(5)7(9)10/h3,7H,2,11H2,1H3. The van der Waals surface area contributed by atoms with E-state index in [1.54, 1.807) is 0 Å². The van der Waals surface area contributed by atoms with E-state index >= 15 is 0 Å². The number of alkyl halides is 2. The maximum atomic E-state index is 12.7. The lowest BCUT2D eigenvalue weighted by Crippen LogP contribution is -2.09. The second kappa shape index (κ2) is 4.79. The van der Waals surface area contributed by atoms with Gasteiger partial charge in [0.05, 0.1) is 18.2 Å². The largest absolute Gasteiger partial charge is 0.492 e. The molecule has 1 rings (SSSR count). The second-order valence-electron chi connectivity index (χ2n) is 2.80. The highest BCUT2D eigenvalue weighted by Gasteiger charge is 2.27. The molecule has 0 unspecified atom stereocenters. The van der Waals surface area contributed by atoms with Crippen LogP contribution in [0.25, 0.3) is 0 Å². The zero-order chi connectivity index (χ0) is 12.3. The molecule has 0 bridgehead atoms. The van der Waals surface area contributed by atoms with E-state index in [1.165, 1.54) is 7.11 Å². The van der Waals surface area contributed by atoms with Gasteiger partial charge in [0.15, 0.2) is 11.9 Å². The molecule has 2 N–H and O–H groups in total. The maximum Gasteiger partial charge on any atom is 0.368 e. The Bertz CT molecular complexity index is 412. The Morgan fingerprint density at radius 1 is 1.69 bits per heavy atom. The number of pyridine rings is 1. The Morgan fingerprint density at radius 3 is 2.69 bits per heavy atom. The minimum Gasteiger partial charge on any atom is -0.492 e. The number of nitrogens with two attached hydrogens (primary N) is 1. The number of methoxy groups -OCH3 is 1. The summed E-state index contributed by atoms with van der Waals surface area (Å²) in [5, 5.41) is 10.6. The van der Waals surface area contributed by atoms with Gasteiger partial charge >= 0.3 is 5.82 Å². The van der Waals surface area contributed by atoms with Crippen molar-refractivity contribution in [2.24, 2.45) is 5.73 Å². The molecule has 0 aromatic carbocycles. The Hall–Kier alpha value is -1.83. The van der Waals surface area contributed by atoms with E-state index in [1.807, 2.05) is 0 Å². The average molecular weight is 233 g/mol. The Morgan fingerprint density at radius 2 is 2.31 bits per heavy atom. The molecule has 0 aliphatic carbocycles. The summed E-state index contributed by atoms with van der Waals surface area (Å²) in [6, 6.07) is 0. The van der Waals surface area contributed by atoms with E-state index in [-0.39, 0.29) is 11.3 Å². The van der Waals surface area contributed by atoms with Crippen LogP contribution in [0.2, 0.25) is 0 Å². The van der Waals surface area contributed by atoms with Gasteiger partial charge in [0, 0.05) is 6.54 Å². The van der Waals surface area contributed by atoms with Gasteiger partial charge in [-0.05, 0) is 9.91 Å². The molecule has 1 heterocycles. The van der Waals surface area contributed by atoms with Crippen LogP contribution in [-0.4, -0.2) is 17.0 Å². The quantitative estimate of drug-likeness (QED) is 0.626. The van der Waals surface area contributed by atoms with Crippen LogP contribution in [0.4, 0.5) is 14.6 Å². The molecule has 0 saturated heterocycles. The zero-order valence-electron chi connectivity index (χ0n) is 8.31. The molecule has 0 fully saturated rings. The van der Waals surface area contributed by atoms with Gasteiger partial charge in [-0.15, -0.1) is 0 Å². The maximum absolute atomic E-state index is 12.7. The average Bonchev–Trinajstić information content (AvgIpc) is 2.26. The zero-order valence-corrected chi connectivity index (χ0v) is 8.31. The first-order chi connectivity index (χ1) is 7.52. The summed E-state index contributed by atoms with van der Waals surface area (Å²) in [5.74, 6) is -0.875. The molecule has 0 aliphatic rings. The summed E-state index contributed by atoms with van der Waals surface area (Å²) < 4.78 is 30.1. The molecule has 0 radical (unpaired) electrons. The molecule has 0 saturated carbocycles. The van der Waals surface area contributed by atoms with E-state index in [4.69, 9.17) is 5.73 Å². The molecular formula is C8H9F2N3O3. The minimum atomic E-state index is -2.91. The molecular weight excluding hydrogens is 224 g/mol. The van der Waals surface area contributed by atoms with Crippen molar-refractivity contribution < 1.29 is 18.4 Å². The van der Waals surface area contributed by atoms with E-state index in [2.05, 4.69) is 9.72 Å². The lowest BCUT2D eigenvalue weighted by molar-refractivity contribution is -0.390. The summed E-state index contributed by atoms with van der Waals surface area (Å²) in [6.07, 6.45) is -2.02. The smallest absolute Gasteiger partial charge is 0.368 e. The van der Waals surface area contributed by atoms with Gasteiger partial charge in [-0.3, -0.25) is 0 Å². The number of nitrogens with zero attached hydrogens (tertiary/aromatic N) is 2. The second-order valence-corrected chi connectivity index (χ2v) is 2.80. The Balaban J connectivity index is 3.49. The molecule has 1 aromatic rings. The lowest BCUT2D eigenvalue weighted by Gasteiger charge is -2.10.